The van der Waals surface area contributed by atoms with Crippen molar-refractivity contribution < 1.29 is 13.2 Å². The van der Waals surface area contributed by atoms with Gasteiger partial charge >= 0.3 is 0 Å². The second kappa shape index (κ2) is 5.52. The smallest absolute Gasteiger partial charge is 0.251 e. The van der Waals surface area contributed by atoms with Crippen molar-refractivity contribution in [1.82, 2.24) is 15.0 Å². The standard InChI is InChI=1S/C9H12ClN3O3S2/c10-9-12-5-7(17-9)18(15,16)13-4-3-11-8(14)6-1-2-6/h5-6,13H,1-4H2,(H,11,14). The number of nitrogens with zero attached hydrogens (tertiary/aromatic N) is 1. The molecule has 1 amide bonds. The normalized spacial score (nSPS) is 15.6. The van der Waals surface area contributed by atoms with E-state index in [1.807, 2.05) is 0 Å². The molecule has 1 aromatic rings. The molecule has 0 aromatic carbocycles. The van der Waals surface area contributed by atoms with E-state index in [1.165, 1.54) is 6.20 Å². The number of hydrogen-bond donors (Lipinski definition) is 2. The number of rotatable bonds is 6. The van der Waals surface area contributed by atoms with Crippen molar-refractivity contribution in [3.05, 3.63) is 10.7 Å². The Kier molecular flexibility index (Phi) is 4.21. The zero-order valence-corrected chi connectivity index (χ0v) is 11.7. The summed E-state index contributed by atoms with van der Waals surface area (Å²) in [5.74, 6) is 0.122. The van der Waals surface area contributed by atoms with Crippen LogP contribution in [0.5, 0.6) is 0 Å². The first-order chi connectivity index (χ1) is 8.49. The van der Waals surface area contributed by atoms with Crippen LogP contribution in [0.3, 0.4) is 0 Å². The van der Waals surface area contributed by atoms with Gasteiger partial charge in [-0.15, -0.1) is 0 Å². The van der Waals surface area contributed by atoms with Gasteiger partial charge < -0.3 is 5.32 Å². The minimum Gasteiger partial charge on any atom is -0.355 e. The maximum absolute atomic E-state index is 11.7. The molecule has 1 heterocycles. The predicted molar refractivity (Wildman–Crippen MR) is 68.0 cm³/mol. The zero-order chi connectivity index (χ0) is 13.2. The van der Waals surface area contributed by atoms with Gasteiger partial charge in [0.15, 0.2) is 8.68 Å². The van der Waals surface area contributed by atoms with Gasteiger partial charge in [-0.25, -0.2) is 18.1 Å². The van der Waals surface area contributed by atoms with Crippen molar-refractivity contribution in [1.29, 1.82) is 0 Å². The summed E-state index contributed by atoms with van der Waals surface area (Å²) >= 11 is 6.46. The topological polar surface area (TPSA) is 88.2 Å². The van der Waals surface area contributed by atoms with Crippen LogP contribution in [0.2, 0.25) is 4.47 Å². The first kappa shape index (κ1) is 13.7. The summed E-state index contributed by atoms with van der Waals surface area (Å²) in [5, 5.41) is 2.67. The number of hydrogen-bond acceptors (Lipinski definition) is 5. The Morgan fingerprint density at radius 2 is 2.22 bits per heavy atom. The van der Waals surface area contributed by atoms with Gasteiger partial charge in [-0.2, -0.15) is 0 Å². The Morgan fingerprint density at radius 1 is 1.50 bits per heavy atom. The van der Waals surface area contributed by atoms with Crippen LogP contribution in [-0.4, -0.2) is 32.4 Å². The van der Waals surface area contributed by atoms with Gasteiger partial charge in [-0.3, -0.25) is 4.79 Å². The van der Waals surface area contributed by atoms with E-state index in [9.17, 15) is 13.2 Å². The Hall–Kier alpha value is -0.700. The minimum absolute atomic E-state index is 0.00460. The summed E-state index contributed by atoms with van der Waals surface area (Å²) < 4.78 is 26.1. The lowest BCUT2D eigenvalue weighted by Gasteiger charge is -2.05. The van der Waals surface area contributed by atoms with Crippen molar-refractivity contribution >= 4 is 38.9 Å². The number of aromatic nitrogens is 1. The van der Waals surface area contributed by atoms with Gasteiger partial charge in [0.25, 0.3) is 10.0 Å². The van der Waals surface area contributed by atoms with E-state index < -0.39 is 10.0 Å². The Labute approximate surface area is 114 Å². The van der Waals surface area contributed by atoms with Crippen LogP contribution in [0.25, 0.3) is 0 Å². The molecular formula is C9H12ClN3O3S2. The molecule has 2 N–H and O–H groups in total. The monoisotopic (exact) mass is 309 g/mol. The summed E-state index contributed by atoms with van der Waals surface area (Å²) in [6.07, 6.45) is 3.06. The van der Waals surface area contributed by atoms with Crippen LogP contribution in [-0.2, 0) is 14.8 Å². The molecule has 0 unspecified atom stereocenters. The fraction of sp³-hybridized carbons (Fsp3) is 0.556. The van der Waals surface area contributed by atoms with E-state index in [0.29, 0.717) is 0 Å². The second-order valence-electron chi connectivity index (χ2n) is 3.90. The van der Waals surface area contributed by atoms with Gasteiger partial charge in [-0.1, -0.05) is 22.9 Å². The maximum atomic E-state index is 11.7. The van der Waals surface area contributed by atoms with Crippen LogP contribution in [0.1, 0.15) is 12.8 Å². The van der Waals surface area contributed by atoms with Crippen molar-refractivity contribution in [2.45, 2.75) is 17.1 Å². The highest BCUT2D eigenvalue weighted by molar-refractivity contribution is 7.91. The molecule has 1 aliphatic carbocycles. The average molecular weight is 310 g/mol. The van der Waals surface area contributed by atoms with Crippen molar-refractivity contribution in [2.75, 3.05) is 13.1 Å². The minimum atomic E-state index is -3.57. The molecule has 1 fully saturated rings. The number of amides is 1. The van der Waals surface area contributed by atoms with E-state index in [2.05, 4.69) is 15.0 Å². The zero-order valence-electron chi connectivity index (χ0n) is 9.35. The van der Waals surface area contributed by atoms with E-state index in [4.69, 9.17) is 11.6 Å². The molecule has 1 aromatic heterocycles. The Bertz CT molecular complexity index is 539. The lowest BCUT2D eigenvalue weighted by atomic mass is 10.4. The number of thiazole rings is 1. The molecule has 9 heteroatoms. The van der Waals surface area contributed by atoms with Crippen molar-refractivity contribution in [3.8, 4) is 0 Å². The summed E-state index contributed by atoms with van der Waals surface area (Å²) in [7, 11) is -3.57. The third-order valence-corrected chi connectivity index (χ3v) is 5.42. The Balaban J connectivity index is 1.76. The molecule has 0 spiro atoms. The molecule has 0 bridgehead atoms. The highest BCUT2D eigenvalue weighted by Gasteiger charge is 2.29. The molecule has 18 heavy (non-hydrogen) atoms. The fourth-order valence-corrected chi connectivity index (χ4v) is 3.66. The first-order valence-corrected chi connectivity index (χ1v) is 8.05. The lowest BCUT2D eigenvalue weighted by molar-refractivity contribution is -0.122. The van der Waals surface area contributed by atoms with Crippen molar-refractivity contribution in [2.24, 2.45) is 5.92 Å². The third kappa shape index (κ3) is 3.64. The quantitative estimate of drug-likeness (QED) is 0.753. The molecule has 2 rings (SSSR count). The summed E-state index contributed by atoms with van der Waals surface area (Å²) in [6, 6.07) is 0. The fourth-order valence-electron chi connectivity index (χ4n) is 1.30. The van der Waals surface area contributed by atoms with Gasteiger partial charge in [0.2, 0.25) is 5.91 Å². The van der Waals surface area contributed by atoms with Crippen molar-refractivity contribution in [3.63, 3.8) is 0 Å². The highest BCUT2D eigenvalue weighted by atomic mass is 35.5. The van der Waals surface area contributed by atoms with Crippen LogP contribution in [0.4, 0.5) is 0 Å². The largest absolute Gasteiger partial charge is 0.355 e. The summed E-state index contributed by atoms with van der Waals surface area (Å²) in [6.45, 7) is 0.428. The molecule has 0 aliphatic heterocycles. The number of nitrogens with one attached hydrogen (secondary N) is 2. The second-order valence-corrected chi connectivity index (χ2v) is 7.50. The van der Waals surface area contributed by atoms with E-state index >= 15 is 0 Å². The van der Waals surface area contributed by atoms with Gasteiger partial charge in [0.05, 0.1) is 6.20 Å². The number of carbonyl (C=O) groups is 1. The SMILES string of the molecule is O=C(NCCNS(=O)(=O)c1cnc(Cl)s1)C1CC1. The maximum Gasteiger partial charge on any atom is 0.251 e. The molecule has 0 saturated heterocycles. The third-order valence-electron chi connectivity index (χ3n) is 2.39. The number of sulfonamides is 1. The van der Waals surface area contributed by atoms with E-state index in [0.717, 1.165) is 24.2 Å². The average Bonchev–Trinajstić information content (AvgIpc) is 3.07. The van der Waals surface area contributed by atoms with Crippen LogP contribution < -0.4 is 10.0 Å². The lowest BCUT2D eigenvalue weighted by Crippen LogP contribution is -2.35. The molecule has 1 aliphatic rings. The Morgan fingerprint density at radius 3 is 2.78 bits per heavy atom. The molecule has 6 nitrogen and oxygen atoms in total. The van der Waals surface area contributed by atoms with Gasteiger partial charge in [0.1, 0.15) is 0 Å². The van der Waals surface area contributed by atoms with E-state index in [-0.39, 0.29) is 33.6 Å². The predicted octanol–water partition coefficient (Wildman–Crippen LogP) is 0.601. The number of halogens is 1. The van der Waals surface area contributed by atoms with Gasteiger partial charge in [-0.05, 0) is 12.8 Å². The molecule has 100 valence electrons. The summed E-state index contributed by atoms with van der Waals surface area (Å²) in [5.41, 5.74) is 0. The van der Waals surface area contributed by atoms with Crippen LogP contribution >= 0.6 is 22.9 Å². The van der Waals surface area contributed by atoms with Gasteiger partial charge in [0, 0.05) is 19.0 Å². The molecule has 0 atom stereocenters. The van der Waals surface area contributed by atoms with Crippen LogP contribution in [0.15, 0.2) is 10.4 Å². The highest BCUT2D eigenvalue weighted by Crippen LogP contribution is 2.28. The van der Waals surface area contributed by atoms with Crippen LogP contribution in [0, 0.1) is 5.92 Å². The number of carbonyl (C=O) groups excluding carboxylic acids is 1. The van der Waals surface area contributed by atoms with E-state index in [1.54, 1.807) is 0 Å². The molecule has 1 saturated carbocycles. The molecule has 0 radical (unpaired) electrons. The summed E-state index contributed by atoms with van der Waals surface area (Å²) in [4.78, 5) is 15.0. The molecular weight excluding hydrogens is 298 g/mol. The first-order valence-electron chi connectivity index (χ1n) is 5.38.